The van der Waals surface area contributed by atoms with Crippen molar-refractivity contribution in [2.45, 2.75) is 84.6 Å². The van der Waals surface area contributed by atoms with Gasteiger partial charge in [0.25, 0.3) is 41.4 Å². The first-order chi connectivity index (χ1) is 44.0. The van der Waals surface area contributed by atoms with Crippen LogP contribution in [0.1, 0.15) is 152 Å². The zero-order chi connectivity index (χ0) is 66.6. The first-order valence-corrected chi connectivity index (χ1v) is 29.8. The van der Waals surface area contributed by atoms with Crippen molar-refractivity contribution >= 4 is 99.5 Å². The number of imidazole rings is 4. The lowest BCUT2D eigenvalue weighted by Crippen LogP contribution is -2.31. The number of carbonyl (C=O) groups is 11. The average molecular weight is 1270 g/mol. The van der Waals surface area contributed by atoms with Gasteiger partial charge in [-0.2, -0.15) is 0 Å². The minimum absolute atomic E-state index is 0.00818. The molecule has 11 amide bonds. The van der Waals surface area contributed by atoms with Crippen molar-refractivity contribution < 1.29 is 52.7 Å². The molecule has 33 heteroatoms. The van der Waals surface area contributed by atoms with E-state index in [9.17, 15) is 52.7 Å². The summed E-state index contributed by atoms with van der Waals surface area (Å²) in [5, 5.41) is 29.7. The van der Waals surface area contributed by atoms with E-state index >= 15 is 0 Å². The lowest BCUT2D eigenvalue weighted by molar-refractivity contribution is -0.121. The molecule has 33 nitrogen and oxygen atoms in total. The van der Waals surface area contributed by atoms with Crippen LogP contribution in [0.25, 0.3) is 0 Å². The summed E-state index contributed by atoms with van der Waals surface area (Å²) >= 11 is 0. The van der Waals surface area contributed by atoms with E-state index in [1.165, 1.54) is 59.6 Å². The molecular weight excluding hydrogens is 1190 g/mol. The Morgan fingerprint density at radius 3 is 1.37 bits per heavy atom. The summed E-state index contributed by atoms with van der Waals surface area (Å²) in [6.07, 6.45) is 16.7. The highest BCUT2D eigenvalue weighted by Crippen LogP contribution is 2.20. The van der Waals surface area contributed by atoms with E-state index in [-0.39, 0.29) is 128 Å². The first kappa shape index (κ1) is 68.3. The van der Waals surface area contributed by atoms with Crippen LogP contribution >= 0.6 is 0 Å². The molecule has 92 heavy (non-hydrogen) atoms. The third-order valence-corrected chi connectivity index (χ3v) is 14.1. The van der Waals surface area contributed by atoms with Gasteiger partial charge in [-0.1, -0.05) is 33.1 Å². The predicted molar refractivity (Wildman–Crippen MR) is 338 cm³/mol. The maximum atomic E-state index is 13.6. The fourth-order valence-corrected chi connectivity index (χ4v) is 9.38. The van der Waals surface area contributed by atoms with Crippen LogP contribution in [0.2, 0.25) is 0 Å². The fourth-order valence-electron chi connectivity index (χ4n) is 9.38. The number of rotatable bonds is 33. The molecule has 0 spiro atoms. The summed E-state index contributed by atoms with van der Waals surface area (Å²) in [6.45, 7) is 5.14. The molecule has 7 rings (SSSR count). The molecule has 7 heterocycles. The second-order valence-corrected chi connectivity index (χ2v) is 21.6. The van der Waals surface area contributed by atoms with Crippen molar-refractivity contribution in [3.63, 3.8) is 0 Å². The van der Waals surface area contributed by atoms with Crippen LogP contribution < -0.4 is 58.5 Å². The van der Waals surface area contributed by atoms with Crippen molar-refractivity contribution in [2.24, 2.45) is 42.3 Å². The summed E-state index contributed by atoms with van der Waals surface area (Å²) < 4.78 is 10.6. The molecule has 0 saturated carbocycles. The van der Waals surface area contributed by atoms with Crippen LogP contribution in [0.15, 0.2) is 67.8 Å². The highest BCUT2D eigenvalue weighted by atomic mass is 16.2. The zero-order valence-corrected chi connectivity index (χ0v) is 52.6. The molecule has 7 aromatic heterocycles. The molecule has 490 valence electrons. The number of unbranched alkanes of at least 4 members (excludes halogenated alkanes) is 3. The second kappa shape index (κ2) is 32.4. The Labute approximate surface area is 528 Å². The summed E-state index contributed by atoms with van der Waals surface area (Å²) in [4.78, 5) is 159. The smallest absolute Gasteiger partial charge is 0.292 e. The maximum absolute atomic E-state index is 13.6. The third-order valence-electron chi connectivity index (χ3n) is 14.1. The van der Waals surface area contributed by atoms with Gasteiger partial charge in [0, 0.05) is 157 Å². The number of aromatic nitrogens is 11. The van der Waals surface area contributed by atoms with Crippen molar-refractivity contribution in [3.8, 4) is 0 Å². The standard InChI is InChI=1S/C59H78N22O11/c1-9-11-12-13-25-81-35-44(74-59(92)51-70-42(33-80(51)8)69-48(85)18-23-65-56(89)50-71-43(34-79(50)7)73-58(91)49-61-24-26-75(49)3)72-52(81)57(90)62-20-14-15-46(83)66-36-27-39(76(4)30-36)53(86)64-22-17-47(84)67-37-28-41(78(6)31-37)55(88)68-38-29-40(77(5)32-38)54(87)63-21-16-45(82)60-19-10-2/h24,26-35H,9-23,25H2,1-8H3,(H,60,82)(H,62,90)(H,63,87)(H,64,86)(H,65,89)(H,66,83)(H,67,84)(H,68,88)(H,69,85)(H,73,91)(H,74,92). The van der Waals surface area contributed by atoms with Gasteiger partial charge in [-0.15, -0.1) is 0 Å². The Bertz CT molecular complexity index is 3850. The summed E-state index contributed by atoms with van der Waals surface area (Å²) in [6, 6.07) is 4.48. The number of carbonyl (C=O) groups excluding carboxylic acids is 11. The maximum Gasteiger partial charge on any atom is 0.292 e. The van der Waals surface area contributed by atoms with Crippen molar-refractivity contribution in [1.29, 1.82) is 0 Å². The van der Waals surface area contributed by atoms with Crippen LogP contribution in [0, 0.1) is 0 Å². The van der Waals surface area contributed by atoms with E-state index in [2.05, 4.69) is 85.3 Å². The minimum atomic E-state index is -0.675. The second-order valence-electron chi connectivity index (χ2n) is 21.6. The minimum Gasteiger partial charge on any atom is -0.356 e. The van der Waals surface area contributed by atoms with Gasteiger partial charge in [0.15, 0.2) is 23.3 Å². The van der Waals surface area contributed by atoms with Gasteiger partial charge < -0.3 is 90.5 Å². The van der Waals surface area contributed by atoms with Gasteiger partial charge in [-0.05, 0) is 37.5 Å². The van der Waals surface area contributed by atoms with Gasteiger partial charge in [0.2, 0.25) is 41.1 Å². The molecule has 0 unspecified atom stereocenters. The van der Waals surface area contributed by atoms with E-state index in [1.807, 2.05) is 6.92 Å². The van der Waals surface area contributed by atoms with Gasteiger partial charge in [0.05, 0.1) is 17.1 Å². The zero-order valence-electron chi connectivity index (χ0n) is 52.6. The summed E-state index contributed by atoms with van der Waals surface area (Å²) in [5.41, 5.74) is 1.74. The van der Waals surface area contributed by atoms with Gasteiger partial charge in [-0.3, -0.25) is 52.7 Å². The fraction of sp³-hybridized carbons (Fsp3) is 0.407. The topological polar surface area (TPSA) is 406 Å². The van der Waals surface area contributed by atoms with Crippen molar-refractivity contribution in [1.82, 2.24) is 78.5 Å². The SMILES string of the molecule is CCCCCCn1cc(NC(=O)c2nc(NC(=O)CCNC(=O)c3nc(NC(=O)c4nccn4C)cn3C)cn2C)nc1C(=O)NCCCC(=O)Nc1cc(C(=O)NCCC(=O)Nc2cc(C(=O)Nc3cc(C(=O)NCCC(=O)NCCC)n(C)c3)n(C)c2)n(C)c1. The number of hydrogen-bond acceptors (Lipinski definition) is 15. The number of amides is 11. The molecule has 0 fully saturated rings. The van der Waals surface area contributed by atoms with E-state index in [0.717, 1.165) is 32.1 Å². The molecule has 11 N–H and O–H groups in total. The molecule has 0 atom stereocenters. The van der Waals surface area contributed by atoms with Gasteiger partial charge in [-0.25, -0.2) is 19.9 Å². The summed E-state index contributed by atoms with van der Waals surface area (Å²) in [7, 11) is 9.70. The van der Waals surface area contributed by atoms with Crippen LogP contribution in [-0.4, -0.2) is 150 Å². The van der Waals surface area contributed by atoms with Crippen LogP contribution in [0.5, 0.6) is 0 Å². The third kappa shape index (κ3) is 19.2. The first-order valence-electron chi connectivity index (χ1n) is 29.8. The Hall–Kier alpha value is -11.2. The van der Waals surface area contributed by atoms with E-state index in [0.29, 0.717) is 30.2 Å². The molecule has 0 radical (unpaired) electrons. The monoisotopic (exact) mass is 1270 g/mol. The average Bonchev–Trinajstić information content (AvgIpc) is 1.86. The Morgan fingerprint density at radius 1 is 0.359 bits per heavy atom. The number of aryl methyl sites for hydroxylation is 7. The van der Waals surface area contributed by atoms with Crippen LogP contribution in [0.3, 0.4) is 0 Å². The molecule has 0 aromatic carbocycles. The molecular formula is C59H78N22O11. The number of anilines is 6. The normalized spacial score (nSPS) is 10.9. The highest BCUT2D eigenvalue weighted by molar-refractivity contribution is 6.06. The molecule has 0 bridgehead atoms. The summed E-state index contributed by atoms with van der Waals surface area (Å²) in [5.74, 6) is -4.82. The van der Waals surface area contributed by atoms with Gasteiger partial charge in [0.1, 0.15) is 17.1 Å². The molecule has 0 aliphatic rings. The molecule has 0 aliphatic heterocycles. The number of nitrogens with one attached hydrogen (secondary N) is 11. The molecule has 7 aromatic rings. The number of hydrogen-bond donors (Lipinski definition) is 11. The molecule has 0 aliphatic carbocycles. The van der Waals surface area contributed by atoms with E-state index in [1.54, 1.807) is 82.4 Å². The highest BCUT2D eigenvalue weighted by Gasteiger charge is 2.24. The number of nitrogens with zero attached hydrogens (tertiary/aromatic N) is 11. The van der Waals surface area contributed by atoms with Gasteiger partial charge >= 0.3 is 0 Å². The lowest BCUT2D eigenvalue weighted by Gasteiger charge is -2.08. The Morgan fingerprint density at radius 2 is 0.815 bits per heavy atom. The van der Waals surface area contributed by atoms with E-state index < -0.39 is 53.2 Å². The van der Waals surface area contributed by atoms with E-state index in [4.69, 9.17) is 0 Å². The van der Waals surface area contributed by atoms with Crippen LogP contribution in [0.4, 0.5) is 34.5 Å². The van der Waals surface area contributed by atoms with Crippen molar-refractivity contribution in [3.05, 3.63) is 108 Å². The van der Waals surface area contributed by atoms with Crippen LogP contribution in [-0.2, 0) is 68.0 Å². The Kier molecular flexibility index (Phi) is 24.0. The largest absolute Gasteiger partial charge is 0.356 e. The predicted octanol–water partition coefficient (Wildman–Crippen LogP) is 2.75. The van der Waals surface area contributed by atoms with Crippen molar-refractivity contribution in [2.75, 3.05) is 64.6 Å². The quantitative estimate of drug-likeness (QED) is 0.0264. The lowest BCUT2D eigenvalue weighted by atomic mass is 10.2. The Balaban J connectivity index is 0.811. The molecule has 0 saturated heterocycles.